The van der Waals surface area contributed by atoms with Crippen LogP contribution in [0.15, 0.2) is 13.2 Å². The summed E-state index contributed by atoms with van der Waals surface area (Å²) >= 11 is 0. The van der Waals surface area contributed by atoms with Gasteiger partial charge in [0.1, 0.15) is 0 Å². The first-order chi connectivity index (χ1) is 11.8. The van der Waals surface area contributed by atoms with E-state index in [2.05, 4.69) is 61.6 Å². The summed E-state index contributed by atoms with van der Waals surface area (Å²) in [5.74, 6) is 4.18. The molecule has 1 nitrogen and oxygen atoms in total. The Morgan fingerprint density at radius 1 is 0.840 bits per heavy atom. The maximum Gasteiger partial charge on any atom is 0.00698 e. The molecule has 0 radical (unpaired) electrons. The molecular formula is C24H51N. The summed E-state index contributed by atoms with van der Waals surface area (Å²) in [5, 5.41) is 0. The molecule has 0 saturated heterocycles. The van der Waals surface area contributed by atoms with Crippen molar-refractivity contribution in [1.29, 1.82) is 0 Å². The quantitative estimate of drug-likeness (QED) is 0.502. The highest BCUT2D eigenvalue weighted by molar-refractivity contribution is 4.86. The summed E-state index contributed by atoms with van der Waals surface area (Å²) in [6, 6.07) is 0.468. The topological polar surface area (TPSA) is 26.0 Å². The van der Waals surface area contributed by atoms with Crippen LogP contribution in [0.1, 0.15) is 106 Å². The van der Waals surface area contributed by atoms with Crippen molar-refractivity contribution in [1.82, 2.24) is 0 Å². The highest BCUT2D eigenvalue weighted by Gasteiger charge is 2.33. The fourth-order valence-corrected chi connectivity index (χ4v) is 2.95. The van der Waals surface area contributed by atoms with Crippen molar-refractivity contribution in [2.75, 3.05) is 0 Å². The average molecular weight is 354 g/mol. The van der Waals surface area contributed by atoms with E-state index in [1.807, 2.05) is 0 Å². The van der Waals surface area contributed by atoms with Gasteiger partial charge >= 0.3 is 0 Å². The van der Waals surface area contributed by atoms with E-state index in [1.165, 1.54) is 57.8 Å². The van der Waals surface area contributed by atoms with Gasteiger partial charge in [0.05, 0.1) is 0 Å². The minimum absolute atomic E-state index is 0.468. The fraction of sp³-hybridized carbons (Fsp3) is 0.917. The summed E-state index contributed by atoms with van der Waals surface area (Å²) in [6.07, 6.45) is 12.9. The molecule has 3 rings (SSSR count). The Kier molecular flexibility index (Phi) is 18.4. The summed E-state index contributed by atoms with van der Waals surface area (Å²) in [4.78, 5) is 0. The normalized spacial score (nSPS) is 28.7. The van der Waals surface area contributed by atoms with Gasteiger partial charge in [-0.1, -0.05) is 93.4 Å². The number of nitrogens with two attached hydrogens (primary N) is 1. The predicted molar refractivity (Wildman–Crippen MR) is 118 cm³/mol. The van der Waals surface area contributed by atoms with Crippen molar-refractivity contribution in [2.24, 2.45) is 35.3 Å². The molecular weight excluding hydrogens is 302 g/mol. The van der Waals surface area contributed by atoms with Crippen molar-refractivity contribution in [2.45, 2.75) is 112 Å². The number of hydrogen-bond donors (Lipinski definition) is 1. The fourth-order valence-electron chi connectivity index (χ4n) is 2.95. The molecule has 0 aromatic rings. The van der Waals surface area contributed by atoms with Crippen LogP contribution in [0.25, 0.3) is 0 Å². The summed E-state index contributed by atoms with van der Waals surface area (Å²) in [7, 11) is 0. The molecule has 3 aliphatic rings. The molecule has 2 N–H and O–H groups in total. The Labute approximate surface area is 161 Å². The number of rotatable bonds is 2. The molecule has 4 atom stereocenters. The van der Waals surface area contributed by atoms with Crippen molar-refractivity contribution in [3.63, 3.8) is 0 Å². The highest BCUT2D eigenvalue weighted by Crippen LogP contribution is 2.38. The van der Waals surface area contributed by atoms with Gasteiger partial charge in [-0.2, -0.15) is 0 Å². The van der Waals surface area contributed by atoms with Crippen LogP contribution in [0.5, 0.6) is 0 Å². The molecule has 4 unspecified atom stereocenters. The zero-order chi connectivity index (χ0) is 19.8. The van der Waals surface area contributed by atoms with Gasteiger partial charge in [-0.15, -0.1) is 13.2 Å². The maximum atomic E-state index is 6.14. The molecule has 0 amide bonds. The van der Waals surface area contributed by atoms with E-state index >= 15 is 0 Å². The largest absolute Gasteiger partial charge is 0.327 e. The Morgan fingerprint density at radius 3 is 1.44 bits per heavy atom. The lowest BCUT2D eigenvalue weighted by molar-refractivity contribution is 0.125. The molecule has 3 aliphatic carbocycles. The van der Waals surface area contributed by atoms with Gasteiger partial charge in [-0.25, -0.2) is 0 Å². The lowest BCUT2D eigenvalue weighted by Crippen LogP contribution is -2.41. The molecule has 0 heterocycles. The second-order valence-electron chi connectivity index (χ2n) is 9.04. The van der Waals surface area contributed by atoms with Crippen LogP contribution in [0.4, 0.5) is 0 Å². The van der Waals surface area contributed by atoms with Crippen molar-refractivity contribution in [3.05, 3.63) is 13.2 Å². The third-order valence-electron chi connectivity index (χ3n) is 4.64. The lowest BCUT2D eigenvalue weighted by Gasteiger charge is -2.40. The molecule has 25 heavy (non-hydrogen) atoms. The van der Waals surface area contributed by atoms with Crippen molar-refractivity contribution < 1.29 is 0 Å². The van der Waals surface area contributed by atoms with Gasteiger partial charge in [-0.3, -0.25) is 0 Å². The van der Waals surface area contributed by atoms with Crippen LogP contribution in [0.3, 0.4) is 0 Å². The molecule has 152 valence electrons. The van der Waals surface area contributed by atoms with E-state index in [1.54, 1.807) is 0 Å². The Morgan fingerprint density at radius 2 is 1.20 bits per heavy atom. The van der Waals surface area contributed by atoms with Crippen LogP contribution in [0.2, 0.25) is 0 Å². The van der Waals surface area contributed by atoms with Crippen molar-refractivity contribution in [3.8, 4) is 0 Å². The minimum atomic E-state index is 0.468. The molecule has 0 aliphatic heterocycles. The standard InChI is InChI=1S/C12H25N.C4H10.2C3H6.C2H4/c1-5-10-7-11(8(2)3)9(4)6-12(10)13;1-4(2)3;2*1-2-3-1;1-2/h8-12H,5-7,13H2,1-4H3;4H,1-3H3;2*1-3H2;1-2H2. The van der Waals surface area contributed by atoms with Crippen molar-refractivity contribution >= 4 is 0 Å². The lowest BCUT2D eigenvalue weighted by atomic mass is 9.67. The highest BCUT2D eigenvalue weighted by atomic mass is 14.7. The third kappa shape index (κ3) is 19.9. The van der Waals surface area contributed by atoms with Crippen LogP contribution >= 0.6 is 0 Å². The second kappa shape index (κ2) is 17.1. The van der Waals surface area contributed by atoms with Gasteiger partial charge in [0, 0.05) is 6.04 Å². The number of hydrogen-bond acceptors (Lipinski definition) is 1. The Bertz CT molecular complexity index is 253. The predicted octanol–water partition coefficient (Wildman–Crippen LogP) is 7.85. The molecule has 0 spiro atoms. The monoisotopic (exact) mass is 353 g/mol. The van der Waals surface area contributed by atoms with Gasteiger partial charge in [0.25, 0.3) is 0 Å². The van der Waals surface area contributed by atoms with E-state index in [-0.39, 0.29) is 0 Å². The zero-order valence-electron chi connectivity index (χ0n) is 18.8. The van der Waals surface area contributed by atoms with E-state index < -0.39 is 0 Å². The third-order valence-corrected chi connectivity index (χ3v) is 4.64. The van der Waals surface area contributed by atoms with E-state index in [0.29, 0.717) is 6.04 Å². The SMILES string of the molecule is C1CC1.C1CC1.C=C.CC(C)C.CCC1CC(C(C)C)C(C)CC1N. The van der Waals surface area contributed by atoms with Gasteiger partial charge in [-0.05, 0) is 42.4 Å². The summed E-state index contributed by atoms with van der Waals surface area (Å²) < 4.78 is 0. The van der Waals surface area contributed by atoms with E-state index in [9.17, 15) is 0 Å². The summed E-state index contributed by atoms with van der Waals surface area (Å²) in [6.45, 7) is 21.9. The smallest absolute Gasteiger partial charge is 0.00698 e. The van der Waals surface area contributed by atoms with E-state index in [0.717, 1.165) is 29.6 Å². The zero-order valence-corrected chi connectivity index (χ0v) is 18.8. The first kappa shape index (κ1) is 26.9. The second-order valence-corrected chi connectivity index (χ2v) is 9.04. The first-order valence-electron chi connectivity index (χ1n) is 11.0. The molecule has 0 bridgehead atoms. The van der Waals surface area contributed by atoms with Gasteiger partial charge in [0.15, 0.2) is 0 Å². The van der Waals surface area contributed by atoms with Gasteiger partial charge in [0.2, 0.25) is 0 Å². The average Bonchev–Trinajstić information content (AvgIpc) is 3.42. The molecule has 0 aromatic heterocycles. The van der Waals surface area contributed by atoms with Crippen LogP contribution < -0.4 is 5.73 Å². The molecule has 1 heteroatoms. The minimum Gasteiger partial charge on any atom is -0.327 e. The van der Waals surface area contributed by atoms with Crippen LogP contribution in [0, 0.1) is 29.6 Å². The summed E-state index contributed by atoms with van der Waals surface area (Å²) in [5.41, 5.74) is 6.14. The molecule has 3 fully saturated rings. The first-order valence-corrected chi connectivity index (χ1v) is 11.0. The molecule has 0 aromatic carbocycles. The van der Waals surface area contributed by atoms with Crippen LogP contribution in [-0.4, -0.2) is 6.04 Å². The van der Waals surface area contributed by atoms with E-state index in [4.69, 9.17) is 5.73 Å². The molecule has 3 saturated carbocycles. The van der Waals surface area contributed by atoms with Crippen LogP contribution in [-0.2, 0) is 0 Å². The Balaban J connectivity index is 0. The van der Waals surface area contributed by atoms with Gasteiger partial charge < -0.3 is 5.73 Å². The Hall–Kier alpha value is -0.300. The maximum absolute atomic E-state index is 6.14.